The molecule has 10 heavy (non-hydrogen) atoms. The van der Waals surface area contributed by atoms with Crippen LogP contribution in [0.4, 0.5) is 0 Å². The Balaban J connectivity index is 2.81. The minimum absolute atomic E-state index is 0.343. The standard InChI is InChI=1S/C7H8ClOP/c8-10-5-6-3-1-2-4-7(6)9/h1-4,9-10H,5H2. The van der Waals surface area contributed by atoms with Crippen LogP contribution in [0.25, 0.3) is 0 Å². The highest BCUT2D eigenvalue weighted by molar-refractivity contribution is 7.67. The van der Waals surface area contributed by atoms with Crippen LogP contribution in [0.1, 0.15) is 5.56 Å². The van der Waals surface area contributed by atoms with E-state index in [4.69, 9.17) is 11.2 Å². The highest BCUT2D eigenvalue weighted by atomic mass is 35.7. The van der Waals surface area contributed by atoms with Crippen molar-refractivity contribution in [1.29, 1.82) is 0 Å². The van der Waals surface area contributed by atoms with Crippen LogP contribution in [0.3, 0.4) is 0 Å². The molecule has 0 aliphatic rings. The molecule has 0 saturated carbocycles. The molecule has 0 radical (unpaired) electrons. The second-order valence-electron chi connectivity index (χ2n) is 1.94. The molecule has 1 atom stereocenters. The van der Waals surface area contributed by atoms with Gasteiger partial charge in [-0.3, -0.25) is 0 Å². The maximum absolute atomic E-state index is 9.19. The van der Waals surface area contributed by atoms with Crippen LogP contribution >= 0.6 is 19.2 Å². The van der Waals surface area contributed by atoms with Crippen molar-refractivity contribution in [2.45, 2.75) is 6.16 Å². The fraction of sp³-hybridized carbons (Fsp3) is 0.143. The molecule has 1 aromatic rings. The second kappa shape index (κ2) is 3.80. The van der Waals surface area contributed by atoms with Crippen LogP contribution in [0.2, 0.25) is 0 Å². The molecule has 0 fully saturated rings. The summed E-state index contributed by atoms with van der Waals surface area (Å²) < 4.78 is 0. The van der Waals surface area contributed by atoms with E-state index in [1.54, 1.807) is 12.1 Å². The Labute approximate surface area is 66.6 Å². The van der Waals surface area contributed by atoms with Crippen LogP contribution in [0.15, 0.2) is 24.3 Å². The number of benzene rings is 1. The molecule has 0 aliphatic heterocycles. The fourth-order valence-corrected chi connectivity index (χ4v) is 1.61. The number of hydrogen-bond acceptors (Lipinski definition) is 1. The van der Waals surface area contributed by atoms with Gasteiger partial charge in [-0.25, -0.2) is 0 Å². The van der Waals surface area contributed by atoms with Gasteiger partial charge in [0, 0.05) is 6.16 Å². The van der Waals surface area contributed by atoms with E-state index in [9.17, 15) is 5.11 Å². The van der Waals surface area contributed by atoms with Crippen LogP contribution < -0.4 is 0 Å². The van der Waals surface area contributed by atoms with Crippen molar-refractivity contribution in [3.63, 3.8) is 0 Å². The molecule has 1 N–H and O–H groups in total. The third-order valence-corrected chi connectivity index (χ3v) is 2.16. The zero-order valence-electron chi connectivity index (χ0n) is 5.34. The molecule has 0 aromatic heterocycles. The number of hydrogen-bond donors (Lipinski definition) is 1. The molecule has 3 heteroatoms. The predicted octanol–water partition coefficient (Wildman–Crippen LogP) is 2.72. The zero-order chi connectivity index (χ0) is 7.40. The molecule has 0 bridgehead atoms. The number of para-hydroxylation sites is 1. The van der Waals surface area contributed by atoms with Gasteiger partial charge in [-0.05, 0) is 19.6 Å². The lowest BCUT2D eigenvalue weighted by Gasteiger charge is -1.98. The zero-order valence-corrected chi connectivity index (χ0v) is 7.10. The first kappa shape index (κ1) is 7.84. The summed E-state index contributed by atoms with van der Waals surface area (Å²) in [5, 5.41) is 9.19. The topological polar surface area (TPSA) is 20.2 Å². The number of phenols is 1. The fourth-order valence-electron chi connectivity index (χ4n) is 0.732. The van der Waals surface area contributed by atoms with Crippen molar-refractivity contribution >= 4 is 19.2 Å². The lowest BCUT2D eigenvalue weighted by atomic mass is 10.2. The molecule has 1 unspecified atom stereocenters. The first-order valence-corrected chi connectivity index (χ1v) is 5.17. The molecule has 0 heterocycles. The minimum atomic E-state index is 0.343. The summed E-state index contributed by atoms with van der Waals surface area (Å²) in [4.78, 5) is 0. The normalized spacial score (nSPS) is 10.9. The molecular formula is C7H8ClOP. The van der Waals surface area contributed by atoms with Gasteiger partial charge in [0.25, 0.3) is 0 Å². The Morgan fingerprint density at radius 2 is 2.10 bits per heavy atom. The van der Waals surface area contributed by atoms with Gasteiger partial charge in [-0.2, -0.15) is 0 Å². The number of rotatable bonds is 2. The van der Waals surface area contributed by atoms with E-state index < -0.39 is 0 Å². The summed E-state index contributed by atoms with van der Waals surface area (Å²) in [6.07, 6.45) is 0.758. The van der Waals surface area contributed by atoms with Crippen LogP contribution in [0, 0.1) is 0 Å². The summed E-state index contributed by atoms with van der Waals surface area (Å²) >= 11 is 5.52. The Bertz CT molecular complexity index is 215. The molecule has 0 saturated heterocycles. The summed E-state index contributed by atoms with van der Waals surface area (Å²) in [7, 11) is 0.344. The molecule has 1 rings (SSSR count). The van der Waals surface area contributed by atoms with Gasteiger partial charge in [0.2, 0.25) is 0 Å². The van der Waals surface area contributed by atoms with Gasteiger partial charge in [-0.1, -0.05) is 29.4 Å². The third-order valence-electron chi connectivity index (χ3n) is 1.25. The number of phenolic OH excluding ortho intramolecular Hbond substituents is 1. The molecule has 54 valence electrons. The third kappa shape index (κ3) is 1.86. The predicted molar refractivity (Wildman–Crippen MR) is 46.0 cm³/mol. The smallest absolute Gasteiger partial charge is 0.119 e. The Hall–Kier alpha value is -0.260. The number of aromatic hydroxyl groups is 1. The van der Waals surface area contributed by atoms with Crippen molar-refractivity contribution in [3.8, 4) is 5.75 Å². The molecule has 0 aliphatic carbocycles. The molecule has 0 spiro atoms. The van der Waals surface area contributed by atoms with Crippen molar-refractivity contribution in [2.24, 2.45) is 0 Å². The average Bonchev–Trinajstić information content (AvgIpc) is 1.94. The monoisotopic (exact) mass is 174 g/mol. The van der Waals surface area contributed by atoms with E-state index in [-0.39, 0.29) is 0 Å². The van der Waals surface area contributed by atoms with E-state index >= 15 is 0 Å². The van der Waals surface area contributed by atoms with Gasteiger partial charge >= 0.3 is 0 Å². The van der Waals surface area contributed by atoms with Gasteiger partial charge in [0.1, 0.15) is 5.75 Å². The Morgan fingerprint density at radius 3 is 2.70 bits per heavy atom. The van der Waals surface area contributed by atoms with E-state index in [0.29, 0.717) is 13.7 Å². The molecular weight excluding hydrogens is 167 g/mol. The van der Waals surface area contributed by atoms with Gasteiger partial charge in [0.05, 0.1) is 0 Å². The average molecular weight is 175 g/mol. The van der Waals surface area contributed by atoms with Gasteiger partial charge in [-0.15, -0.1) is 0 Å². The summed E-state index contributed by atoms with van der Waals surface area (Å²) in [5.41, 5.74) is 0.927. The van der Waals surface area contributed by atoms with Crippen LogP contribution in [-0.4, -0.2) is 5.11 Å². The van der Waals surface area contributed by atoms with Crippen molar-refractivity contribution < 1.29 is 5.11 Å². The highest BCUT2D eigenvalue weighted by Crippen LogP contribution is 2.27. The summed E-state index contributed by atoms with van der Waals surface area (Å²) in [6.45, 7) is 0. The lowest BCUT2D eigenvalue weighted by Crippen LogP contribution is -1.76. The second-order valence-corrected chi connectivity index (χ2v) is 3.36. The van der Waals surface area contributed by atoms with E-state index in [1.807, 2.05) is 12.1 Å². The van der Waals surface area contributed by atoms with Crippen molar-refractivity contribution in [3.05, 3.63) is 29.8 Å². The summed E-state index contributed by atoms with van der Waals surface area (Å²) in [6, 6.07) is 7.25. The van der Waals surface area contributed by atoms with Gasteiger partial charge in [0.15, 0.2) is 0 Å². The Kier molecular flexibility index (Phi) is 2.98. The van der Waals surface area contributed by atoms with E-state index in [0.717, 1.165) is 11.7 Å². The maximum Gasteiger partial charge on any atom is 0.119 e. The SMILES string of the molecule is Oc1ccccc1CPCl. The summed E-state index contributed by atoms with van der Waals surface area (Å²) in [5.74, 6) is 0.343. The largest absolute Gasteiger partial charge is 0.508 e. The van der Waals surface area contributed by atoms with E-state index in [1.165, 1.54) is 0 Å². The van der Waals surface area contributed by atoms with Crippen molar-refractivity contribution in [2.75, 3.05) is 0 Å². The molecule has 0 amide bonds. The first-order chi connectivity index (χ1) is 4.84. The van der Waals surface area contributed by atoms with Gasteiger partial charge < -0.3 is 5.11 Å². The van der Waals surface area contributed by atoms with Crippen molar-refractivity contribution in [1.82, 2.24) is 0 Å². The Morgan fingerprint density at radius 1 is 1.40 bits per heavy atom. The molecule has 1 aromatic carbocycles. The molecule has 1 nitrogen and oxygen atoms in total. The quantitative estimate of drug-likeness (QED) is 0.684. The van der Waals surface area contributed by atoms with Crippen LogP contribution in [-0.2, 0) is 6.16 Å². The highest BCUT2D eigenvalue weighted by Gasteiger charge is 1.95. The lowest BCUT2D eigenvalue weighted by molar-refractivity contribution is 0.470. The number of halogens is 1. The first-order valence-electron chi connectivity index (χ1n) is 2.95. The van der Waals surface area contributed by atoms with Crippen LogP contribution in [0.5, 0.6) is 5.75 Å². The maximum atomic E-state index is 9.19. The van der Waals surface area contributed by atoms with E-state index in [2.05, 4.69) is 0 Å². The minimum Gasteiger partial charge on any atom is -0.508 e.